The molecule has 6 nitrogen and oxygen atoms in total. The van der Waals surface area contributed by atoms with Crippen molar-refractivity contribution in [2.24, 2.45) is 0 Å². The SMILES string of the molecule is CC(=O)O.Nc1c(Cl)c(Cl)nc(C(=O)O)c1Cl. The summed E-state index contributed by atoms with van der Waals surface area (Å²) in [6.07, 6.45) is 0. The van der Waals surface area contributed by atoms with Crippen LogP contribution in [0.3, 0.4) is 0 Å². The van der Waals surface area contributed by atoms with E-state index in [2.05, 4.69) is 4.98 Å². The Bertz CT molecular complexity index is 461. The summed E-state index contributed by atoms with van der Waals surface area (Å²) in [6, 6.07) is 0. The van der Waals surface area contributed by atoms with E-state index in [1.54, 1.807) is 0 Å². The van der Waals surface area contributed by atoms with Gasteiger partial charge < -0.3 is 15.9 Å². The molecule has 0 bridgehead atoms. The number of halogens is 3. The van der Waals surface area contributed by atoms with E-state index in [-0.39, 0.29) is 20.9 Å². The third-order valence-corrected chi connectivity index (χ3v) is 2.41. The maximum Gasteiger partial charge on any atom is 0.356 e. The van der Waals surface area contributed by atoms with E-state index in [1.165, 1.54) is 0 Å². The van der Waals surface area contributed by atoms with E-state index in [0.717, 1.165) is 6.92 Å². The smallest absolute Gasteiger partial charge is 0.356 e. The number of pyridine rings is 1. The quantitative estimate of drug-likeness (QED) is 0.686. The van der Waals surface area contributed by atoms with Gasteiger partial charge in [-0.15, -0.1) is 0 Å². The molecule has 0 amide bonds. The summed E-state index contributed by atoms with van der Waals surface area (Å²) in [4.78, 5) is 23.0. The van der Waals surface area contributed by atoms with E-state index >= 15 is 0 Å². The highest BCUT2D eigenvalue weighted by Gasteiger charge is 2.18. The Morgan fingerprint density at radius 3 is 1.94 bits per heavy atom. The van der Waals surface area contributed by atoms with Gasteiger partial charge in [0.15, 0.2) is 10.8 Å². The van der Waals surface area contributed by atoms with Crippen molar-refractivity contribution in [3.8, 4) is 0 Å². The van der Waals surface area contributed by atoms with Crippen LogP contribution in [0.2, 0.25) is 15.2 Å². The van der Waals surface area contributed by atoms with Crippen LogP contribution in [0.15, 0.2) is 0 Å². The van der Waals surface area contributed by atoms with Crippen molar-refractivity contribution in [2.75, 3.05) is 5.73 Å². The second kappa shape index (κ2) is 6.48. The van der Waals surface area contributed by atoms with E-state index in [0.29, 0.717) is 0 Å². The van der Waals surface area contributed by atoms with Gasteiger partial charge in [0.2, 0.25) is 0 Å². The first-order chi connectivity index (χ1) is 7.68. The number of nitrogens with zero attached hydrogens (tertiary/aromatic N) is 1. The first-order valence-electron chi connectivity index (χ1n) is 3.91. The number of carboxylic acid groups (broad SMARTS) is 2. The van der Waals surface area contributed by atoms with Crippen LogP contribution in [0.5, 0.6) is 0 Å². The minimum Gasteiger partial charge on any atom is -0.481 e. The zero-order valence-electron chi connectivity index (χ0n) is 8.37. The number of carbonyl (C=O) groups is 2. The van der Waals surface area contributed by atoms with E-state index in [4.69, 9.17) is 55.5 Å². The maximum absolute atomic E-state index is 10.5. The third-order valence-electron chi connectivity index (χ3n) is 1.27. The van der Waals surface area contributed by atoms with Gasteiger partial charge in [0.1, 0.15) is 5.02 Å². The van der Waals surface area contributed by atoms with E-state index in [1.807, 2.05) is 0 Å². The Morgan fingerprint density at radius 2 is 1.59 bits per heavy atom. The number of carboxylic acids is 2. The van der Waals surface area contributed by atoms with Crippen molar-refractivity contribution in [2.45, 2.75) is 6.92 Å². The van der Waals surface area contributed by atoms with Crippen molar-refractivity contribution >= 4 is 52.4 Å². The molecule has 1 heterocycles. The zero-order chi connectivity index (χ0) is 13.7. The fourth-order valence-corrected chi connectivity index (χ4v) is 1.26. The average Bonchev–Trinajstić information content (AvgIpc) is 2.19. The van der Waals surface area contributed by atoms with Gasteiger partial charge in [-0.25, -0.2) is 9.78 Å². The molecule has 0 aromatic carbocycles. The molecule has 0 fully saturated rings. The minimum atomic E-state index is -1.31. The molecule has 0 aliphatic heterocycles. The predicted octanol–water partition coefficient (Wildman–Crippen LogP) is 2.41. The van der Waals surface area contributed by atoms with Gasteiger partial charge in [0, 0.05) is 6.92 Å². The molecular formula is C8H7Cl3N2O4. The highest BCUT2D eigenvalue weighted by molar-refractivity contribution is 6.46. The molecule has 0 radical (unpaired) electrons. The molecule has 1 aromatic rings. The summed E-state index contributed by atoms with van der Waals surface area (Å²) in [6.45, 7) is 1.08. The van der Waals surface area contributed by atoms with Crippen LogP contribution >= 0.6 is 34.8 Å². The Kier molecular flexibility index (Phi) is 6.01. The van der Waals surface area contributed by atoms with Crippen molar-refractivity contribution in [3.05, 3.63) is 20.9 Å². The van der Waals surface area contributed by atoms with Crippen LogP contribution in [0.1, 0.15) is 17.4 Å². The largest absolute Gasteiger partial charge is 0.481 e. The summed E-state index contributed by atoms with van der Waals surface area (Å²) in [7, 11) is 0. The molecular weight excluding hydrogens is 294 g/mol. The van der Waals surface area contributed by atoms with Crippen molar-refractivity contribution in [1.82, 2.24) is 4.98 Å². The Morgan fingerprint density at radius 1 is 1.18 bits per heavy atom. The standard InChI is InChI=1S/C6H3Cl3N2O2.C2H4O2/c7-1-3(10)2(8)5(9)11-4(1)6(12)13;1-2(3)4/h(H2,10,11)(H,12,13);1H3,(H,3,4). The number of anilines is 1. The number of rotatable bonds is 1. The predicted molar refractivity (Wildman–Crippen MR) is 63.9 cm³/mol. The van der Waals surface area contributed by atoms with Gasteiger partial charge in [0.25, 0.3) is 5.97 Å². The van der Waals surface area contributed by atoms with Gasteiger partial charge in [-0.2, -0.15) is 0 Å². The molecule has 1 aromatic heterocycles. The third kappa shape index (κ3) is 4.64. The molecule has 0 aliphatic carbocycles. The molecule has 17 heavy (non-hydrogen) atoms. The molecule has 0 aliphatic rings. The van der Waals surface area contributed by atoms with E-state index in [9.17, 15) is 4.79 Å². The molecule has 0 spiro atoms. The van der Waals surface area contributed by atoms with Gasteiger partial charge in [0.05, 0.1) is 10.7 Å². The Balaban J connectivity index is 0.000000557. The van der Waals surface area contributed by atoms with Crippen LogP contribution < -0.4 is 5.73 Å². The Labute approximate surface area is 111 Å². The zero-order valence-corrected chi connectivity index (χ0v) is 10.6. The molecule has 0 saturated heterocycles. The van der Waals surface area contributed by atoms with Crippen LogP contribution in [0, 0.1) is 0 Å². The number of hydrogen-bond donors (Lipinski definition) is 3. The summed E-state index contributed by atoms with van der Waals surface area (Å²) in [5.74, 6) is -2.14. The second-order valence-electron chi connectivity index (χ2n) is 2.62. The number of aliphatic carboxylic acids is 1. The average molecular weight is 302 g/mol. The number of nitrogen functional groups attached to an aromatic ring is 1. The molecule has 0 saturated carbocycles. The lowest BCUT2D eigenvalue weighted by atomic mass is 10.3. The number of nitrogens with two attached hydrogens (primary N) is 1. The fourth-order valence-electron chi connectivity index (χ4n) is 0.673. The molecule has 9 heteroatoms. The van der Waals surface area contributed by atoms with E-state index < -0.39 is 17.6 Å². The summed E-state index contributed by atoms with van der Waals surface area (Å²) < 4.78 is 0. The number of aromatic carboxylic acids is 1. The van der Waals surface area contributed by atoms with Gasteiger partial charge in [-0.3, -0.25) is 4.79 Å². The molecule has 94 valence electrons. The number of hydrogen-bond acceptors (Lipinski definition) is 4. The summed E-state index contributed by atoms with van der Waals surface area (Å²) >= 11 is 16.6. The lowest BCUT2D eigenvalue weighted by Crippen LogP contribution is -2.04. The van der Waals surface area contributed by atoms with Crippen LogP contribution in [0.4, 0.5) is 5.69 Å². The second-order valence-corrected chi connectivity index (χ2v) is 3.73. The van der Waals surface area contributed by atoms with Crippen molar-refractivity contribution in [1.29, 1.82) is 0 Å². The monoisotopic (exact) mass is 300 g/mol. The first-order valence-corrected chi connectivity index (χ1v) is 5.04. The maximum atomic E-state index is 10.5. The topological polar surface area (TPSA) is 114 Å². The summed E-state index contributed by atoms with van der Waals surface area (Å²) in [5, 5.41) is 15.6. The van der Waals surface area contributed by atoms with Gasteiger partial charge in [-0.05, 0) is 0 Å². The molecule has 0 unspecified atom stereocenters. The Hall–Kier alpha value is -1.24. The normalized spacial score (nSPS) is 9.18. The van der Waals surface area contributed by atoms with Gasteiger partial charge in [-0.1, -0.05) is 34.8 Å². The lowest BCUT2D eigenvalue weighted by molar-refractivity contribution is -0.134. The van der Waals surface area contributed by atoms with Crippen LogP contribution in [-0.2, 0) is 4.79 Å². The van der Waals surface area contributed by atoms with Gasteiger partial charge >= 0.3 is 5.97 Å². The molecule has 4 N–H and O–H groups in total. The minimum absolute atomic E-state index is 0.0448. The van der Waals surface area contributed by atoms with Crippen molar-refractivity contribution < 1.29 is 19.8 Å². The van der Waals surface area contributed by atoms with Crippen LogP contribution in [0.25, 0.3) is 0 Å². The fraction of sp³-hybridized carbons (Fsp3) is 0.125. The molecule has 0 atom stereocenters. The van der Waals surface area contributed by atoms with Crippen molar-refractivity contribution in [3.63, 3.8) is 0 Å². The summed E-state index contributed by atoms with van der Waals surface area (Å²) in [5.41, 5.74) is 4.88. The first kappa shape index (κ1) is 15.8. The highest BCUT2D eigenvalue weighted by atomic mass is 35.5. The lowest BCUT2D eigenvalue weighted by Gasteiger charge is -2.04. The highest BCUT2D eigenvalue weighted by Crippen LogP contribution is 2.34. The number of aromatic nitrogens is 1. The molecule has 1 rings (SSSR count). The van der Waals surface area contributed by atoms with Crippen LogP contribution in [-0.4, -0.2) is 27.1 Å².